The molecular weight excluding hydrogens is 307 g/mol. The van der Waals surface area contributed by atoms with Crippen LogP contribution in [-0.4, -0.2) is 15.7 Å². The lowest BCUT2D eigenvalue weighted by Gasteiger charge is -2.15. The average Bonchev–Trinajstić information content (AvgIpc) is 2.87. The average molecular weight is 325 g/mol. The molecule has 0 spiro atoms. The van der Waals surface area contributed by atoms with Crippen molar-refractivity contribution < 1.29 is 18.0 Å². The number of carbonyl (C=O) groups excluding carboxylic acids is 1. The van der Waals surface area contributed by atoms with E-state index < -0.39 is 17.6 Å². The zero-order valence-corrected chi connectivity index (χ0v) is 13.1. The predicted octanol–water partition coefficient (Wildman–Crippen LogP) is 3.72. The number of benzene rings is 1. The molecule has 124 valence electrons. The third-order valence-electron chi connectivity index (χ3n) is 3.71. The van der Waals surface area contributed by atoms with E-state index in [1.165, 1.54) is 12.1 Å². The Morgan fingerprint density at radius 1 is 1.39 bits per heavy atom. The number of hydrogen-bond donors (Lipinski definition) is 1. The molecule has 1 atom stereocenters. The van der Waals surface area contributed by atoms with Crippen LogP contribution in [0.3, 0.4) is 0 Å². The van der Waals surface area contributed by atoms with Crippen LogP contribution in [0.1, 0.15) is 47.1 Å². The van der Waals surface area contributed by atoms with Gasteiger partial charge in [0.1, 0.15) is 0 Å². The summed E-state index contributed by atoms with van der Waals surface area (Å²) in [6, 6.07) is 4.03. The number of rotatable bonds is 4. The Morgan fingerprint density at radius 3 is 2.65 bits per heavy atom. The fourth-order valence-corrected chi connectivity index (χ4v) is 2.40. The maximum atomic E-state index is 12.7. The fourth-order valence-electron chi connectivity index (χ4n) is 2.40. The first kappa shape index (κ1) is 17.1. The predicted molar refractivity (Wildman–Crippen MR) is 80.0 cm³/mol. The summed E-state index contributed by atoms with van der Waals surface area (Å²) in [5.41, 5.74) is 0.900. The summed E-state index contributed by atoms with van der Waals surface area (Å²) in [7, 11) is 0. The van der Waals surface area contributed by atoms with Crippen LogP contribution in [0.25, 0.3) is 0 Å². The number of aromatic nitrogens is 2. The van der Waals surface area contributed by atoms with Gasteiger partial charge >= 0.3 is 6.18 Å². The zero-order valence-electron chi connectivity index (χ0n) is 13.1. The minimum absolute atomic E-state index is 0.0211. The van der Waals surface area contributed by atoms with Gasteiger partial charge in [0.25, 0.3) is 5.91 Å². The molecule has 0 aliphatic rings. The molecule has 23 heavy (non-hydrogen) atoms. The Labute approximate surface area is 132 Å². The van der Waals surface area contributed by atoms with Crippen molar-refractivity contribution in [2.45, 2.75) is 39.5 Å². The SMILES string of the molecule is CCn1ncc(C(C)NC(=O)c2cccc(C(F)(F)F)c2)c1C. The Kier molecular flexibility index (Phi) is 4.77. The van der Waals surface area contributed by atoms with Gasteiger partial charge in [-0.05, 0) is 39.0 Å². The largest absolute Gasteiger partial charge is 0.416 e. The zero-order chi connectivity index (χ0) is 17.2. The lowest BCUT2D eigenvalue weighted by molar-refractivity contribution is -0.137. The van der Waals surface area contributed by atoms with Crippen molar-refractivity contribution >= 4 is 5.91 Å². The minimum Gasteiger partial charge on any atom is -0.345 e. The van der Waals surface area contributed by atoms with Gasteiger partial charge in [-0.15, -0.1) is 0 Å². The van der Waals surface area contributed by atoms with Crippen molar-refractivity contribution in [3.05, 3.63) is 52.8 Å². The number of carbonyl (C=O) groups is 1. The van der Waals surface area contributed by atoms with Crippen LogP contribution in [0, 0.1) is 6.92 Å². The van der Waals surface area contributed by atoms with E-state index in [1.807, 2.05) is 13.8 Å². The molecule has 0 aliphatic heterocycles. The molecule has 0 radical (unpaired) electrons. The topological polar surface area (TPSA) is 46.9 Å². The van der Waals surface area contributed by atoms with Crippen LogP contribution in [-0.2, 0) is 12.7 Å². The number of alkyl halides is 3. The molecule has 2 aromatic rings. The fraction of sp³-hybridized carbons (Fsp3) is 0.375. The van der Waals surface area contributed by atoms with E-state index in [1.54, 1.807) is 17.8 Å². The molecule has 1 aromatic heterocycles. The highest BCUT2D eigenvalue weighted by molar-refractivity contribution is 5.94. The van der Waals surface area contributed by atoms with Crippen LogP contribution < -0.4 is 5.32 Å². The molecule has 2 rings (SSSR count). The van der Waals surface area contributed by atoms with Gasteiger partial charge in [0.15, 0.2) is 0 Å². The third kappa shape index (κ3) is 3.72. The lowest BCUT2D eigenvalue weighted by atomic mass is 10.1. The molecule has 4 nitrogen and oxygen atoms in total. The number of amides is 1. The highest BCUT2D eigenvalue weighted by atomic mass is 19.4. The molecule has 1 aromatic carbocycles. The maximum absolute atomic E-state index is 12.7. The number of aryl methyl sites for hydroxylation is 1. The van der Waals surface area contributed by atoms with Crippen molar-refractivity contribution in [2.75, 3.05) is 0 Å². The quantitative estimate of drug-likeness (QED) is 0.931. The highest BCUT2D eigenvalue weighted by Gasteiger charge is 2.31. The van der Waals surface area contributed by atoms with E-state index in [0.717, 1.165) is 23.4 Å². The summed E-state index contributed by atoms with van der Waals surface area (Å²) >= 11 is 0. The number of nitrogens with zero attached hydrogens (tertiary/aromatic N) is 2. The van der Waals surface area contributed by atoms with Crippen molar-refractivity contribution in [3.63, 3.8) is 0 Å². The Balaban J connectivity index is 2.17. The summed E-state index contributed by atoms with van der Waals surface area (Å²) in [6.07, 6.45) is -2.81. The third-order valence-corrected chi connectivity index (χ3v) is 3.71. The van der Waals surface area contributed by atoms with Crippen LogP contribution in [0.2, 0.25) is 0 Å². The number of hydrogen-bond acceptors (Lipinski definition) is 2. The van der Waals surface area contributed by atoms with Gasteiger partial charge in [0.05, 0.1) is 17.8 Å². The number of nitrogens with one attached hydrogen (secondary N) is 1. The van der Waals surface area contributed by atoms with E-state index in [0.29, 0.717) is 6.54 Å². The molecular formula is C16H18F3N3O. The Bertz CT molecular complexity index is 707. The second-order valence-electron chi connectivity index (χ2n) is 5.27. The first-order valence-electron chi connectivity index (χ1n) is 7.24. The van der Waals surface area contributed by atoms with Crippen LogP contribution in [0.15, 0.2) is 30.5 Å². The minimum atomic E-state index is -4.47. The molecule has 0 saturated carbocycles. The first-order valence-corrected chi connectivity index (χ1v) is 7.24. The molecule has 0 fully saturated rings. The molecule has 1 amide bonds. The molecule has 7 heteroatoms. The number of halogens is 3. The first-order chi connectivity index (χ1) is 10.7. The smallest absolute Gasteiger partial charge is 0.345 e. The maximum Gasteiger partial charge on any atom is 0.416 e. The van der Waals surface area contributed by atoms with Crippen molar-refractivity contribution in [2.24, 2.45) is 0 Å². The lowest BCUT2D eigenvalue weighted by Crippen LogP contribution is -2.27. The molecule has 1 unspecified atom stereocenters. The van der Waals surface area contributed by atoms with Gasteiger partial charge < -0.3 is 5.32 Å². The molecule has 1 heterocycles. The van der Waals surface area contributed by atoms with Crippen LogP contribution >= 0.6 is 0 Å². The van der Waals surface area contributed by atoms with Gasteiger partial charge in [-0.3, -0.25) is 9.48 Å². The van der Waals surface area contributed by atoms with Crippen molar-refractivity contribution in [3.8, 4) is 0 Å². The van der Waals surface area contributed by atoms with Crippen molar-refractivity contribution in [1.82, 2.24) is 15.1 Å². The second-order valence-corrected chi connectivity index (χ2v) is 5.27. The van der Waals surface area contributed by atoms with E-state index in [2.05, 4.69) is 10.4 Å². The van der Waals surface area contributed by atoms with Gasteiger partial charge in [0.2, 0.25) is 0 Å². The Hall–Kier alpha value is -2.31. The van der Waals surface area contributed by atoms with E-state index in [-0.39, 0.29) is 11.6 Å². The Morgan fingerprint density at radius 2 is 2.09 bits per heavy atom. The summed E-state index contributed by atoms with van der Waals surface area (Å²) in [5, 5.41) is 6.91. The summed E-state index contributed by atoms with van der Waals surface area (Å²) in [6.45, 7) is 6.32. The van der Waals surface area contributed by atoms with Gasteiger partial charge in [-0.25, -0.2) is 0 Å². The summed E-state index contributed by atoms with van der Waals surface area (Å²) in [4.78, 5) is 12.2. The van der Waals surface area contributed by atoms with Crippen molar-refractivity contribution in [1.29, 1.82) is 0 Å². The van der Waals surface area contributed by atoms with Gasteiger partial charge in [-0.1, -0.05) is 6.07 Å². The molecule has 0 saturated heterocycles. The molecule has 1 N–H and O–H groups in total. The van der Waals surface area contributed by atoms with Crippen LogP contribution in [0.5, 0.6) is 0 Å². The van der Waals surface area contributed by atoms with Gasteiger partial charge in [-0.2, -0.15) is 18.3 Å². The summed E-state index contributed by atoms with van der Waals surface area (Å²) in [5.74, 6) is -0.549. The van der Waals surface area contributed by atoms with Gasteiger partial charge in [0, 0.05) is 23.4 Å². The monoisotopic (exact) mass is 325 g/mol. The second kappa shape index (κ2) is 6.44. The van der Waals surface area contributed by atoms with Crippen LogP contribution in [0.4, 0.5) is 13.2 Å². The standard InChI is InChI=1S/C16H18F3N3O/c1-4-22-11(3)14(9-20-22)10(2)21-15(23)12-6-5-7-13(8-12)16(17,18)19/h5-10H,4H2,1-3H3,(H,21,23). The molecule has 0 bridgehead atoms. The van der Waals surface area contributed by atoms with E-state index >= 15 is 0 Å². The van der Waals surface area contributed by atoms with E-state index in [4.69, 9.17) is 0 Å². The van der Waals surface area contributed by atoms with E-state index in [9.17, 15) is 18.0 Å². The molecule has 0 aliphatic carbocycles. The normalized spacial score (nSPS) is 13.0. The summed E-state index contributed by atoms with van der Waals surface area (Å²) < 4.78 is 39.9. The highest BCUT2D eigenvalue weighted by Crippen LogP contribution is 2.29.